The molecule has 0 spiro atoms. The molecule has 8 heteroatoms. The third kappa shape index (κ3) is 5.06. The topological polar surface area (TPSA) is 89.2 Å². The van der Waals surface area contributed by atoms with E-state index < -0.39 is 0 Å². The number of aryl methyl sites for hydroxylation is 2. The molecule has 1 fully saturated rings. The number of nitrogens with zero attached hydrogens (tertiary/aromatic N) is 3. The molecule has 1 amide bonds. The third-order valence-electron chi connectivity index (χ3n) is 7.52. The van der Waals surface area contributed by atoms with Gasteiger partial charge in [0.15, 0.2) is 0 Å². The van der Waals surface area contributed by atoms with E-state index in [0.29, 0.717) is 28.7 Å². The maximum absolute atomic E-state index is 13.7. The summed E-state index contributed by atoms with van der Waals surface area (Å²) in [5.41, 5.74) is 5.41. The molecule has 0 unspecified atom stereocenters. The van der Waals surface area contributed by atoms with Gasteiger partial charge in [0.05, 0.1) is 39.6 Å². The number of amides is 1. The Balaban J connectivity index is 1.33. The van der Waals surface area contributed by atoms with Crippen molar-refractivity contribution in [1.29, 1.82) is 0 Å². The lowest BCUT2D eigenvalue weighted by molar-refractivity contribution is 0.0919. The van der Waals surface area contributed by atoms with E-state index in [4.69, 9.17) is 11.6 Å². The minimum absolute atomic E-state index is 0.0692. The average Bonchev–Trinajstić information content (AvgIpc) is 3.18. The van der Waals surface area contributed by atoms with Crippen LogP contribution >= 0.6 is 11.6 Å². The minimum Gasteiger partial charge on any atom is -0.392 e. The molecule has 0 bridgehead atoms. The first kappa shape index (κ1) is 25.2. The molecular formula is C29H31ClN4O3. The summed E-state index contributed by atoms with van der Waals surface area (Å²) in [6.45, 7) is 4.31. The Morgan fingerprint density at radius 1 is 1.08 bits per heavy atom. The van der Waals surface area contributed by atoms with Crippen LogP contribution in [-0.4, -0.2) is 31.2 Å². The zero-order chi connectivity index (χ0) is 26.1. The number of hydrogen-bond donors (Lipinski definition) is 2. The van der Waals surface area contributed by atoms with Crippen molar-refractivity contribution < 1.29 is 9.90 Å². The minimum atomic E-state index is -0.143. The van der Waals surface area contributed by atoms with E-state index in [0.717, 1.165) is 53.5 Å². The highest BCUT2D eigenvalue weighted by Crippen LogP contribution is 2.28. The molecule has 2 heterocycles. The molecule has 0 atom stereocenters. The van der Waals surface area contributed by atoms with Gasteiger partial charge >= 0.3 is 5.69 Å². The van der Waals surface area contributed by atoms with Crippen molar-refractivity contribution >= 4 is 28.5 Å². The van der Waals surface area contributed by atoms with Crippen LogP contribution in [0.4, 0.5) is 0 Å². The number of nitrogens with one attached hydrogen (secondary N) is 1. The molecule has 0 saturated heterocycles. The number of benzene rings is 2. The summed E-state index contributed by atoms with van der Waals surface area (Å²) >= 11 is 6.03. The van der Waals surface area contributed by atoms with Crippen LogP contribution in [0, 0.1) is 19.8 Å². The van der Waals surface area contributed by atoms with Gasteiger partial charge < -0.3 is 10.4 Å². The second-order valence-corrected chi connectivity index (χ2v) is 10.4. The molecule has 1 aliphatic carbocycles. The first-order valence-electron chi connectivity index (χ1n) is 12.7. The number of halogens is 1. The number of aliphatic hydroxyl groups excluding tert-OH is 1. The summed E-state index contributed by atoms with van der Waals surface area (Å²) in [5.74, 6) is 0.196. The van der Waals surface area contributed by atoms with Crippen LogP contribution in [0.5, 0.6) is 0 Å². The van der Waals surface area contributed by atoms with Gasteiger partial charge in [-0.3, -0.25) is 18.9 Å². The van der Waals surface area contributed by atoms with E-state index >= 15 is 0 Å². The van der Waals surface area contributed by atoms with Gasteiger partial charge in [0.25, 0.3) is 5.91 Å². The Morgan fingerprint density at radius 2 is 1.81 bits per heavy atom. The molecule has 7 nitrogen and oxygen atoms in total. The van der Waals surface area contributed by atoms with Crippen LogP contribution in [0.1, 0.15) is 52.9 Å². The van der Waals surface area contributed by atoms with Crippen molar-refractivity contribution in [3.63, 3.8) is 0 Å². The Kier molecular flexibility index (Phi) is 7.17. The number of fused-ring (bicyclic) bond motifs is 1. The van der Waals surface area contributed by atoms with E-state index in [1.165, 1.54) is 0 Å². The molecule has 4 aromatic rings. The average molecular weight is 519 g/mol. The number of hydrogen-bond acceptors (Lipinski definition) is 4. The number of carbonyl (C=O) groups is 1. The molecule has 192 valence electrons. The molecule has 1 saturated carbocycles. The van der Waals surface area contributed by atoms with E-state index in [2.05, 4.69) is 10.3 Å². The molecule has 1 aliphatic rings. The maximum Gasteiger partial charge on any atom is 0.333 e. The van der Waals surface area contributed by atoms with Crippen molar-refractivity contribution in [2.24, 2.45) is 5.92 Å². The van der Waals surface area contributed by atoms with Crippen molar-refractivity contribution in [3.8, 4) is 5.69 Å². The van der Waals surface area contributed by atoms with Crippen LogP contribution in [0.25, 0.3) is 16.7 Å². The molecule has 0 aliphatic heterocycles. The first-order chi connectivity index (χ1) is 17.9. The van der Waals surface area contributed by atoms with Gasteiger partial charge in [0, 0.05) is 18.8 Å². The lowest BCUT2D eigenvalue weighted by Crippen LogP contribution is -2.39. The van der Waals surface area contributed by atoms with Crippen LogP contribution in [0.3, 0.4) is 0 Å². The predicted octanol–water partition coefficient (Wildman–Crippen LogP) is 4.94. The Bertz CT molecular complexity index is 1520. The zero-order valence-corrected chi connectivity index (χ0v) is 21.8. The summed E-state index contributed by atoms with van der Waals surface area (Å²) in [5, 5.41) is 13.3. The summed E-state index contributed by atoms with van der Waals surface area (Å²) in [7, 11) is 0. The van der Waals surface area contributed by atoms with Gasteiger partial charge in [-0.05, 0) is 86.9 Å². The fourth-order valence-corrected chi connectivity index (χ4v) is 5.51. The standard InChI is InChI=1S/C29H31ClN4O3/c1-18-7-12-24(13-21(18)17-35)34-27-6-4-3-5-26(27)33(29(34)37)16-20-8-10-23(11-9-20)32-28(36)25-14-22(30)15-31-19(25)2/h3-7,12-15,20,23,35H,8-11,16-17H2,1-2H3,(H,32,36). The lowest BCUT2D eigenvalue weighted by atomic mass is 9.85. The molecule has 0 radical (unpaired) electrons. The number of pyridine rings is 1. The van der Waals surface area contributed by atoms with Crippen molar-refractivity contribution in [1.82, 2.24) is 19.4 Å². The van der Waals surface area contributed by atoms with Crippen molar-refractivity contribution in [2.45, 2.75) is 58.7 Å². The maximum atomic E-state index is 13.7. The molecular weight excluding hydrogens is 488 g/mol. The number of carbonyl (C=O) groups excluding carboxylic acids is 1. The molecule has 37 heavy (non-hydrogen) atoms. The highest BCUT2D eigenvalue weighted by Gasteiger charge is 2.25. The van der Waals surface area contributed by atoms with E-state index in [-0.39, 0.29) is 24.2 Å². The number of aromatic nitrogens is 3. The molecule has 2 N–H and O–H groups in total. The van der Waals surface area contributed by atoms with Gasteiger partial charge in [0.2, 0.25) is 0 Å². The summed E-state index contributed by atoms with van der Waals surface area (Å²) in [6, 6.07) is 15.3. The number of para-hydroxylation sites is 2. The quantitative estimate of drug-likeness (QED) is 0.378. The third-order valence-corrected chi connectivity index (χ3v) is 7.72. The van der Waals surface area contributed by atoms with Gasteiger partial charge in [0.1, 0.15) is 0 Å². The van der Waals surface area contributed by atoms with Crippen LogP contribution in [0.15, 0.2) is 59.5 Å². The second-order valence-electron chi connectivity index (χ2n) is 9.96. The number of aliphatic hydroxyl groups is 1. The Hall–Kier alpha value is -3.42. The summed E-state index contributed by atoms with van der Waals surface area (Å²) < 4.78 is 3.61. The Morgan fingerprint density at radius 3 is 2.54 bits per heavy atom. The fourth-order valence-electron chi connectivity index (χ4n) is 5.35. The first-order valence-corrected chi connectivity index (χ1v) is 13.1. The van der Waals surface area contributed by atoms with Gasteiger partial charge in [-0.15, -0.1) is 0 Å². The lowest BCUT2D eigenvalue weighted by Gasteiger charge is -2.29. The van der Waals surface area contributed by atoms with Crippen LogP contribution < -0.4 is 11.0 Å². The normalized spacial score (nSPS) is 17.7. The van der Waals surface area contributed by atoms with Gasteiger partial charge in [-0.2, -0.15) is 0 Å². The molecule has 2 aromatic carbocycles. The predicted molar refractivity (Wildman–Crippen MR) is 145 cm³/mol. The summed E-state index contributed by atoms with van der Waals surface area (Å²) in [4.78, 5) is 30.6. The van der Waals surface area contributed by atoms with Crippen molar-refractivity contribution in [3.05, 3.63) is 92.6 Å². The van der Waals surface area contributed by atoms with Crippen LogP contribution in [-0.2, 0) is 13.2 Å². The second kappa shape index (κ2) is 10.5. The molecule has 5 rings (SSSR count). The van der Waals surface area contributed by atoms with E-state index in [1.54, 1.807) is 23.8 Å². The summed E-state index contributed by atoms with van der Waals surface area (Å²) in [6.07, 6.45) is 5.09. The highest BCUT2D eigenvalue weighted by atomic mass is 35.5. The van der Waals surface area contributed by atoms with Gasteiger partial charge in [-0.25, -0.2) is 4.79 Å². The monoisotopic (exact) mass is 518 g/mol. The fraction of sp³-hybridized carbons (Fsp3) is 0.345. The SMILES string of the molecule is Cc1ccc(-n2c(=O)n(CC3CCC(NC(=O)c4cc(Cl)cnc4C)CC3)c3ccccc32)cc1CO. The van der Waals surface area contributed by atoms with Crippen molar-refractivity contribution in [2.75, 3.05) is 0 Å². The van der Waals surface area contributed by atoms with E-state index in [1.807, 2.05) is 54.0 Å². The van der Waals surface area contributed by atoms with Gasteiger partial charge in [-0.1, -0.05) is 29.8 Å². The largest absolute Gasteiger partial charge is 0.392 e. The highest BCUT2D eigenvalue weighted by molar-refractivity contribution is 6.30. The molecule has 2 aromatic heterocycles. The number of rotatable bonds is 6. The van der Waals surface area contributed by atoms with E-state index in [9.17, 15) is 14.7 Å². The Labute approximate surface area is 220 Å². The zero-order valence-electron chi connectivity index (χ0n) is 21.1. The smallest absolute Gasteiger partial charge is 0.333 e. The van der Waals surface area contributed by atoms with Crippen LogP contribution in [0.2, 0.25) is 5.02 Å². The number of imidazole rings is 1.